The monoisotopic (exact) mass is 262 g/mol. The lowest BCUT2D eigenvalue weighted by molar-refractivity contribution is -0.385. The van der Waals surface area contributed by atoms with Crippen LogP contribution in [-0.2, 0) is 0 Å². The van der Waals surface area contributed by atoms with Crippen molar-refractivity contribution in [2.24, 2.45) is 5.73 Å². The highest BCUT2D eigenvalue weighted by atomic mass is 16.6. The number of rotatable bonds is 2. The maximum absolute atomic E-state index is 11.0. The van der Waals surface area contributed by atoms with Crippen LogP contribution in [0.5, 0.6) is 0 Å². The first-order chi connectivity index (χ1) is 9.06. The van der Waals surface area contributed by atoms with Crippen molar-refractivity contribution in [1.82, 2.24) is 4.98 Å². The average molecular weight is 262 g/mol. The molecule has 3 heterocycles. The fourth-order valence-corrected chi connectivity index (χ4v) is 3.43. The summed E-state index contributed by atoms with van der Waals surface area (Å²) >= 11 is 0. The van der Waals surface area contributed by atoms with Crippen LogP contribution in [0.1, 0.15) is 31.2 Å². The zero-order valence-electron chi connectivity index (χ0n) is 11.0. The molecule has 3 rings (SSSR count). The number of aromatic nitrogens is 1. The molecule has 102 valence electrons. The van der Waals surface area contributed by atoms with E-state index in [1.54, 1.807) is 19.2 Å². The van der Waals surface area contributed by atoms with E-state index in [0.29, 0.717) is 17.6 Å². The van der Waals surface area contributed by atoms with Gasteiger partial charge in [-0.2, -0.15) is 0 Å². The number of aryl methyl sites for hydroxylation is 1. The second-order valence-corrected chi connectivity index (χ2v) is 5.61. The van der Waals surface area contributed by atoms with Gasteiger partial charge in [0.25, 0.3) is 5.69 Å². The molecule has 6 heteroatoms. The van der Waals surface area contributed by atoms with Gasteiger partial charge in [0.2, 0.25) is 0 Å². The summed E-state index contributed by atoms with van der Waals surface area (Å²) in [6.45, 7) is 1.72. The van der Waals surface area contributed by atoms with E-state index in [2.05, 4.69) is 9.88 Å². The van der Waals surface area contributed by atoms with E-state index in [4.69, 9.17) is 5.73 Å². The van der Waals surface area contributed by atoms with E-state index in [-0.39, 0.29) is 16.7 Å². The molecule has 2 saturated heterocycles. The summed E-state index contributed by atoms with van der Waals surface area (Å²) in [4.78, 5) is 17.3. The first kappa shape index (κ1) is 12.3. The molecule has 0 spiro atoms. The predicted molar refractivity (Wildman–Crippen MR) is 72.1 cm³/mol. The molecule has 6 nitrogen and oxygen atoms in total. The van der Waals surface area contributed by atoms with Crippen LogP contribution in [0.2, 0.25) is 0 Å². The van der Waals surface area contributed by atoms with Crippen molar-refractivity contribution in [3.8, 4) is 0 Å². The van der Waals surface area contributed by atoms with Gasteiger partial charge < -0.3 is 10.6 Å². The number of anilines is 1. The van der Waals surface area contributed by atoms with Crippen LogP contribution in [0.4, 0.5) is 11.5 Å². The van der Waals surface area contributed by atoms with Crippen LogP contribution in [0.3, 0.4) is 0 Å². The third-order valence-electron chi connectivity index (χ3n) is 4.29. The molecule has 1 aromatic heterocycles. The summed E-state index contributed by atoms with van der Waals surface area (Å²) in [6, 6.07) is 2.65. The second kappa shape index (κ2) is 4.45. The molecule has 2 aliphatic rings. The molecule has 2 unspecified atom stereocenters. The maximum Gasteiger partial charge on any atom is 0.277 e. The Balaban J connectivity index is 1.95. The minimum Gasteiger partial charge on any atom is -0.350 e. The first-order valence-corrected chi connectivity index (χ1v) is 6.71. The summed E-state index contributed by atoms with van der Waals surface area (Å²) in [5.74, 6) is 0.733. The third kappa shape index (κ3) is 2.06. The fourth-order valence-electron chi connectivity index (χ4n) is 3.43. The van der Waals surface area contributed by atoms with Crippen LogP contribution >= 0.6 is 0 Å². The first-order valence-electron chi connectivity index (χ1n) is 6.71. The minimum atomic E-state index is -0.335. The van der Waals surface area contributed by atoms with Crippen molar-refractivity contribution < 1.29 is 4.92 Å². The van der Waals surface area contributed by atoms with Gasteiger partial charge in [-0.3, -0.25) is 10.1 Å². The van der Waals surface area contributed by atoms with Crippen molar-refractivity contribution >= 4 is 11.5 Å². The van der Waals surface area contributed by atoms with E-state index in [1.165, 1.54) is 0 Å². The van der Waals surface area contributed by atoms with E-state index in [0.717, 1.165) is 31.5 Å². The third-order valence-corrected chi connectivity index (χ3v) is 4.29. The van der Waals surface area contributed by atoms with E-state index in [1.807, 2.05) is 0 Å². The highest BCUT2D eigenvalue weighted by molar-refractivity contribution is 5.53. The second-order valence-electron chi connectivity index (χ2n) is 5.61. The Labute approximate surface area is 111 Å². The van der Waals surface area contributed by atoms with Gasteiger partial charge in [0.15, 0.2) is 0 Å². The fraction of sp³-hybridized carbons (Fsp3) is 0.615. The molecular weight excluding hydrogens is 244 g/mol. The van der Waals surface area contributed by atoms with Crippen molar-refractivity contribution in [2.45, 2.75) is 50.7 Å². The van der Waals surface area contributed by atoms with E-state index >= 15 is 0 Å². The lowest BCUT2D eigenvalue weighted by atomic mass is 9.98. The summed E-state index contributed by atoms with van der Waals surface area (Å²) in [5.41, 5.74) is 6.80. The number of nitrogens with zero attached hydrogens (tertiary/aromatic N) is 3. The van der Waals surface area contributed by atoms with E-state index in [9.17, 15) is 10.1 Å². The van der Waals surface area contributed by atoms with Crippen LogP contribution < -0.4 is 10.6 Å². The normalized spacial score (nSPS) is 29.6. The Morgan fingerprint density at radius 1 is 1.42 bits per heavy atom. The molecule has 2 atom stereocenters. The summed E-state index contributed by atoms with van der Waals surface area (Å²) in [6.07, 6.45) is 5.74. The smallest absolute Gasteiger partial charge is 0.277 e. The molecule has 0 saturated carbocycles. The highest BCUT2D eigenvalue weighted by Crippen LogP contribution is 2.39. The van der Waals surface area contributed by atoms with Crippen LogP contribution in [0, 0.1) is 17.0 Å². The standard InChI is InChI=1S/C13H18N4O2/c1-8-7-15-13(6-12(8)17(18)19)16-10-2-3-11(16)5-9(14)4-10/h6-7,9-11H,2-5,14H2,1H3. The number of hydrogen-bond acceptors (Lipinski definition) is 5. The average Bonchev–Trinajstić information content (AvgIpc) is 2.63. The molecule has 2 fully saturated rings. The quantitative estimate of drug-likeness (QED) is 0.648. The molecule has 2 bridgehead atoms. The molecule has 0 amide bonds. The summed E-state index contributed by atoms with van der Waals surface area (Å²) < 4.78 is 0. The molecular formula is C13H18N4O2. The molecule has 0 radical (unpaired) electrons. The highest BCUT2D eigenvalue weighted by Gasteiger charge is 2.40. The van der Waals surface area contributed by atoms with Crippen molar-refractivity contribution in [3.05, 3.63) is 27.9 Å². The molecule has 0 aromatic carbocycles. The van der Waals surface area contributed by atoms with Gasteiger partial charge in [-0.15, -0.1) is 0 Å². The number of fused-ring (bicyclic) bond motifs is 2. The zero-order valence-corrected chi connectivity index (χ0v) is 11.0. The minimum absolute atomic E-state index is 0.152. The van der Waals surface area contributed by atoms with Gasteiger partial charge >= 0.3 is 0 Å². The number of pyridine rings is 1. The number of nitro groups is 1. The number of nitrogens with two attached hydrogens (primary N) is 1. The van der Waals surface area contributed by atoms with Crippen LogP contribution in [0.15, 0.2) is 12.3 Å². The lowest BCUT2D eigenvalue weighted by Gasteiger charge is -2.38. The Kier molecular flexibility index (Phi) is 2.89. The van der Waals surface area contributed by atoms with Gasteiger partial charge in [-0.05, 0) is 32.6 Å². The Morgan fingerprint density at radius 2 is 2.05 bits per heavy atom. The van der Waals surface area contributed by atoms with Gasteiger partial charge in [0.05, 0.1) is 11.0 Å². The zero-order chi connectivity index (χ0) is 13.6. The Morgan fingerprint density at radius 3 is 2.63 bits per heavy atom. The SMILES string of the molecule is Cc1cnc(N2C3CCC2CC(N)C3)cc1[N+](=O)[O-]. The van der Waals surface area contributed by atoms with Crippen molar-refractivity contribution in [2.75, 3.05) is 4.90 Å². The van der Waals surface area contributed by atoms with Gasteiger partial charge in [-0.25, -0.2) is 4.98 Å². The summed E-state index contributed by atoms with van der Waals surface area (Å²) in [5, 5.41) is 11.0. The predicted octanol–water partition coefficient (Wildman–Crippen LogP) is 1.76. The van der Waals surface area contributed by atoms with Crippen molar-refractivity contribution in [1.29, 1.82) is 0 Å². The lowest BCUT2D eigenvalue weighted by Crippen LogP contribution is -2.47. The topological polar surface area (TPSA) is 85.3 Å². The van der Waals surface area contributed by atoms with Crippen LogP contribution in [0.25, 0.3) is 0 Å². The Bertz CT molecular complexity index is 505. The summed E-state index contributed by atoms with van der Waals surface area (Å²) in [7, 11) is 0. The van der Waals surface area contributed by atoms with Crippen molar-refractivity contribution in [3.63, 3.8) is 0 Å². The van der Waals surface area contributed by atoms with Gasteiger partial charge in [0, 0.05) is 29.9 Å². The number of hydrogen-bond donors (Lipinski definition) is 1. The number of piperidine rings is 1. The molecule has 2 aliphatic heterocycles. The molecule has 2 N–H and O–H groups in total. The molecule has 1 aromatic rings. The molecule has 19 heavy (non-hydrogen) atoms. The Hall–Kier alpha value is -1.69. The largest absolute Gasteiger partial charge is 0.350 e. The maximum atomic E-state index is 11.0. The van der Waals surface area contributed by atoms with Gasteiger partial charge in [-0.1, -0.05) is 0 Å². The van der Waals surface area contributed by atoms with Crippen LogP contribution in [-0.4, -0.2) is 28.0 Å². The van der Waals surface area contributed by atoms with Gasteiger partial charge in [0.1, 0.15) is 5.82 Å². The van der Waals surface area contributed by atoms with E-state index < -0.39 is 0 Å². The molecule has 0 aliphatic carbocycles.